The quantitative estimate of drug-likeness (QED) is 0.457. The van der Waals surface area contributed by atoms with Crippen molar-refractivity contribution in [2.45, 2.75) is 62.2 Å². The minimum atomic E-state index is -3.88. The summed E-state index contributed by atoms with van der Waals surface area (Å²) in [6, 6.07) is 14.6. The molecular weight excluding hydrogens is 540 g/mol. The molecule has 2 aromatic carbocycles. The first-order valence-corrected chi connectivity index (χ1v) is 16.2. The lowest BCUT2D eigenvalue weighted by Crippen LogP contribution is -2.52. The summed E-state index contributed by atoms with van der Waals surface area (Å²) >= 11 is 0. The fraction of sp³-hybridized carbons (Fsp3) is 0.516. The molecule has 1 N–H and O–H groups in total. The van der Waals surface area contributed by atoms with Crippen LogP contribution in [0.25, 0.3) is 10.8 Å². The number of nitrogens with one attached hydrogen (secondary N) is 1. The number of ether oxygens (including phenoxy) is 2. The predicted octanol–water partition coefficient (Wildman–Crippen LogP) is 3.79. The van der Waals surface area contributed by atoms with E-state index in [9.17, 15) is 13.2 Å². The first kappa shape index (κ1) is 28.2. The van der Waals surface area contributed by atoms with Crippen molar-refractivity contribution in [1.82, 2.24) is 19.1 Å². The van der Waals surface area contributed by atoms with E-state index in [1.165, 1.54) is 4.31 Å². The molecule has 6 rings (SSSR count). The maximum Gasteiger partial charge on any atom is 0.243 e. The van der Waals surface area contributed by atoms with Crippen molar-refractivity contribution in [1.29, 1.82) is 0 Å². The lowest BCUT2D eigenvalue weighted by molar-refractivity contribution is -0.127. The molecule has 0 spiro atoms. The monoisotopic (exact) mass is 580 g/mol. The minimum Gasteiger partial charge on any atom is -0.497 e. The zero-order valence-electron chi connectivity index (χ0n) is 23.9. The van der Waals surface area contributed by atoms with E-state index < -0.39 is 22.0 Å². The second kappa shape index (κ2) is 11.8. The summed E-state index contributed by atoms with van der Waals surface area (Å²) < 4.78 is 42.8. The van der Waals surface area contributed by atoms with Crippen LogP contribution in [0, 0.1) is 5.92 Å². The number of carbonyl (C=O) groups is 1. The van der Waals surface area contributed by atoms with Crippen LogP contribution >= 0.6 is 0 Å². The topological polar surface area (TPSA) is 93.1 Å². The zero-order chi connectivity index (χ0) is 28.6. The summed E-state index contributed by atoms with van der Waals surface area (Å²) in [4.78, 5) is 16.5. The first-order chi connectivity index (χ1) is 19.8. The molecule has 4 unspecified atom stereocenters. The number of sulfonamides is 1. The molecule has 4 atom stereocenters. The lowest BCUT2D eigenvalue weighted by atomic mass is 9.88. The van der Waals surface area contributed by atoms with Gasteiger partial charge >= 0.3 is 0 Å². The molecule has 1 saturated heterocycles. The maximum atomic E-state index is 14.2. The molecule has 1 saturated carbocycles. The number of morpholine rings is 1. The first-order valence-electron chi connectivity index (χ1n) is 14.7. The highest BCUT2D eigenvalue weighted by Crippen LogP contribution is 2.38. The van der Waals surface area contributed by atoms with Crippen LogP contribution in [0.4, 0.5) is 0 Å². The fourth-order valence-electron chi connectivity index (χ4n) is 6.84. The lowest BCUT2D eigenvalue weighted by Gasteiger charge is -2.41. The Balaban J connectivity index is 1.24. The Morgan fingerprint density at radius 1 is 1.02 bits per heavy atom. The van der Waals surface area contributed by atoms with E-state index in [4.69, 9.17) is 9.47 Å². The summed E-state index contributed by atoms with van der Waals surface area (Å²) in [5.74, 6) is 0.0642. The summed E-state index contributed by atoms with van der Waals surface area (Å²) in [5.41, 5.74) is 0.850. The van der Waals surface area contributed by atoms with Gasteiger partial charge < -0.3 is 19.4 Å². The largest absolute Gasteiger partial charge is 0.497 e. The van der Waals surface area contributed by atoms with Gasteiger partial charge in [0, 0.05) is 50.2 Å². The Bertz CT molecular complexity index is 1500. The van der Waals surface area contributed by atoms with Gasteiger partial charge in [-0.15, -0.1) is 0 Å². The number of amides is 1. The van der Waals surface area contributed by atoms with Crippen LogP contribution in [0.1, 0.15) is 44.3 Å². The number of hydrogen-bond acceptors (Lipinski definition) is 6. The molecular formula is C31H40N4O5S. The second-order valence-electron chi connectivity index (χ2n) is 11.5. The SMILES string of the molecule is COc1ccc2cc(S(=O)(=O)N3CCn4cccc4C3C(C)C(=O)NC3CCCC(N4CCOCC4)C3)ccc2c1. The summed E-state index contributed by atoms with van der Waals surface area (Å²) in [6.45, 7) is 6.12. The number of fused-ring (bicyclic) bond motifs is 2. The number of hydrogen-bond donors (Lipinski definition) is 1. The van der Waals surface area contributed by atoms with Crippen molar-refractivity contribution in [2.24, 2.45) is 5.92 Å². The number of aromatic nitrogens is 1. The zero-order valence-corrected chi connectivity index (χ0v) is 24.7. The van der Waals surface area contributed by atoms with Crippen LogP contribution < -0.4 is 10.1 Å². The van der Waals surface area contributed by atoms with Gasteiger partial charge in [0.05, 0.1) is 37.2 Å². The third-order valence-corrected chi connectivity index (χ3v) is 11.0. The highest BCUT2D eigenvalue weighted by Gasteiger charge is 2.42. The fourth-order valence-corrected chi connectivity index (χ4v) is 8.54. The van der Waals surface area contributed by atoms with Crippen LogP contribution in [-0.2, 0) is 26.1 Å². The highest BCUT2D eigenvalue weighted by molar-refractivity contribution is 7.89. The van der Waals surface area contributed by atoms with Gasteiger partial charge in [-0.05, 0) is 72.9 Å². The average molecular weight is 581 g/mol. The standard InChI is InChI=1S/C31H40N4O5S/c1-22(31(36)32-25-5-3-6-26(21-25)33-15-17-40-18-16-33)30-29-7-4-12-34(29)13-14-35(30)41(37,38)28-11-9-23-19-27(39-2)10-8-24(23)20-28/h4,7-12,19-20,22,25-26,30H,3,5-6,13-18,21H2,1-2H3,(H,32,36). The van der Waals surface area contributed by atoms with Gasteiger partial charge in [0.2, 0.25) is 15.9 Å². The van der Waals surface area contributed by atoms with Crippen LogP contribution in [0.5, 0.6) is 5.75 Å². The molecule has 1 aromatic heterocycles. The molecule has 3 aliphatic rings. The van der Waals surface area contributed by atoms with Gasteiger partial charge in [-0.3, -0.25) is 9.69 Å². The predicted molar refractivity (Wildman–Crippen MR) is 157 cm³/mol. The van der Waals surface area contributed by atoms with Gasteiger partial charge in [-0.2, -0.15) is 4.31 Å². The van der Waals surface area contributed by atoms with Crippen molar-refractivity contribution < 1.29 is 22.7 Å². The van der Waals surface area contributed by atoms with E-state index in [0.717, 1.165) is 74.2 Å². The van der Waals surface area contributed by atoms with E-state index in [1.54, 1.807) is 19.2 Å². The molecule has 10 heteroatoms. The van der Waals surface area contributed by atoms with Crippen LogP contribution in [-0.4, -0.2) is 80.1 Å². The molecule has 0 bridgehead atoms. The van der Waals surface area contributed by atoms with E-state index >= 15 is 0 Å². The third-order valence-electron chi connectivity index (χ3n) is 9.11. The van der Waals surface area contributed by atoms with E-state index in [1.807, 2.05) is 49.5 Å². The minimum absolute atomic E-state index is 0.0875. The molecule has 1 amide bonds. The van der Waals surface area contributed by atoms with Gasteiger partial charge in [0.15, 0.2) is 0 Å². The molecule has 41 heavy (non-hydrogen) atoms. The number of methoxy groups -OCH3 is 1. The Morgan fingerprint density at radius 2 is 1.80 bits per heavy atom. The number of carbonyl (C=O) groups excluding carboxylic acids is 1. The molecule has 9 nitrogen and oxygen atoms in total. The van der Waals surface area contributed by atoms with Crippen LogP contribution in [0.2, 0.25) is 0 Å². The number of nitrogens with zero attached hydrogens (tertiary/aromatic N) is 3. The van der Waals surface area contributed by atoms with E-state index in [-0.39, 0.29) is 16.8 Å². The summed E-state index contributed by atoms with van der Waals surface area (Å²) in [5, 5.41) is 5.04. The average Bonchev–Trinajstić information content (AvgIpc) is 3.49. The van der Waals surface area contributed by atoms with Crippen molar-refractivity contribution >= 4 is 26.7 Å². The van der Waals surface area contributed by atoms with Crippen LogP contribution in [0.3, 0.4) is 0 Å². The Hall–Kier alpha value is -2.92. The van der Waals surface area contributed by atoms with Crippen molar-refractivity contribution in [3.63, 3.8) is 0 Å². The van der Waals surface area contributed by atoms with E-state index in [2.05, 4.69) is 14.8 Å². The van der Waals surface area contributed by atoms with Gasteiger partial charge in [0.1, 0.15) is 5.75 Å². The highest BCUT2D eigenvalue weighted by atomic mass is 32.2. The van der Waals surface area contributed by atoms with Crippen molar-refractivity contribution in [3.05, 3.63) is 60.4 Å². The Kier molecular flexibility index (Phi) is 8.09. The molecule has 3 heterocycles. The molecule has 1 aliphatic carbocycles. The summed E-state index contributed by atoms with van der Waals surface area (Å²) in [7, 11) is -2.27. The Labute approximate surface area is 242 Å². The normalized spacial score (nSPS) is 25.0. The molecule has 220 valence electrons. The van der Waals surface area contributed by atoms with Crippen molar-refractivity contribution in [3.8, 4) is 5.75 Å². The van der Waals surface area contributed by atoms with Crippen LogP contribution in [0.15, 0.2) is 59.6 Å². The number of benzene rings is 2. The summed E-state index contributed by atoms with van der Waals surface area (Å²) in [6.07, 6.45) is 6.05. The molecule has 2 fully saturated rings. The Morgan fingerprint density at radius 3 is 2.61 bits per heavy atom. The second-order valence-corrected chi connectivity index (χ2v) is 13.4. The molecule has 0 radical (unpaired) electrons. The smallest absolute Gasteiger partial charge is 0.243 e. The van der Waals surface area contributed by atoms with Gasteiger partial charge in [-0.1, -0.05) is 19.1 Å². The van der Waals surface area contributed by atoms with Gasteiger partial charge in [0.25, 0.3) is 0 Å². The molecule has 3 aromatic rings. The maximum absolute atomic E-state index is 14.2. The molecule has 2 aliphatic heterocycles. The van der Waals surface area contributed by atoms with Crippen molar-refractivity contribution in [2.75, 3.05) is 40.0 Å². The van der Waals surface area contributed by atoms with Gasteiger partial charge in [-0.25, -0.2) is 8.42 Å². The number of rotatable bonds is 7. The third kappa shape index (κ3) is 5.62. The van der Waals surface area contributed by atoms with E-state index in [0.29, 0.717) is 19.1 Å².